The van der Waals surface area contributed by atoms with E-state index in [0.29, 0.717) is 41.6 Å². The summed E-state index contributed by atoms with van der Waals surface area (Å²) in [6, 6.07) is 31.1. The smallest absolute Gasteiger partial charge is 0.161 e. The molecule has 1 aliphatic heterocycles. The minimum absolute atomic E-state index is 0.282. The summed E-state index contributed by atoms with van der Waals surface area (Å²) in [5, 5.41) is 4.49. The van der Waals surface area contributed by atoms with Gasteiger partial charge in [0.05, 0.1) is 18.3 Å². The van der Waals surface area contributed by atoms with Crippen molar-refractivity contribution in [3.8, 4) is 11.5 Å². The summed E-state index contributed by atoms with van der Waals surface area (Å²) < 4.78 is 11.9. The van der Waals surface area contributed by atoms with Crippen LogP contribution in [0.2, 0.25) is 5.02 Å². The molecule has 4 aromatic rings. The zero-order valence-electron chi connectivity index (χ0n) is 21.9. The summed E-state index contributed by atoms with van der Waals surface area (Å²) in [5.41, 5.74) is 6.72. The first-order chi connectivity index (χ1) is 19.2. The Morgan fingerprint density at radius 2 is 1.74 bits per heavy atom. The fourth-order valence-corrected chi connectivity index (χ4v) is 5.74. The highest BCUT2D eigenvalue weighted by molar-refractivity contribution is 6.31. The summed E-state index contributed by atoms with van der Waals surface area (Å²) in [5.74, 6) is 2.37. The normalized spacial score (nSPS) is 19.4. The second kappa shape index (κ2) is 11.4. The van der Waals surface area contributed by atoms with Gasteiger partial charge in [0.25, 0.3) is 0 Å². The van der Waals surface area contributed by atoms with Crippen molar-refractivity contribution >= 4 is 29.2 Å². The van der Waals surface area contributed by atoms with E-state index in [4.69, 9.17) is 26.1 Å². The van der Waals surface area contributed by atoms with Gasteiger partial charge in [-0.15, -0.1) is 0 Å². The van der Waals surface area contributed by atoms with Crippen LogP contribution in [0.5, 0.6) is 11.5 Å². The maximum Gasteiger partial charge on any atom is 0.161 e. The fraction of sp³-hybridized carbons (Fsp3) is 0.206. The standard InChI is InChI=1S/C34H31ClN2O2/c1-2-38-33-20-23(14-19-32(33)39-22-25-8-3-5-12-30(25)35)21-36-26-17-15-24(16-18-26)34-29-11-7-10-27(29)28-9-4-6-13-31(28)37-34/h3-10,12-21,27,29,34,37H,2,11,22H2,1H3/t27-,29+,34+/m1/s1. The molecule has 0 radical (unpaired) electrons. The summed E-state index contributed by atoms with van der Waals surface area (Å²) in [6.45, 7) is 2.88. The number of halogens is 1. The van der Waals surface area contributed by atoms with Crippen molar-refractivity contribution < 1.29 is 9.47 Å². The molecule has 5 heteroatoms. The van der Waals surface area contributed by atoms with Crippen LogP contribution in [0.25, 0.3) is 0 Å². The molecule has 4 aromatic carbocycles. The van der Waals surface area contributed by atoms with E-state index >= 15 is 0 Å². The molecule has 1 aliphatic carbocycles. The van der Waals surface area contributed by atoms with Gasteiger partial charge < -0.3 is 14.8 Å². The predicted octanol–water partition coefficient (Wildman–Crippen LogP) is 8.89. The van der Waals surface area contributed by atoms with Crippen LogP contribution >= 0.6 is 11.6 Å². The lowest BCUT2D eigenvalue weighted by atomic mass is 9.77. The van der Waals surface area contributed by atoms with Crippen LogP contribution in [0.1, 0.15) is 47.6 Å². The average Bonchev–Trinajstić information content (AvgIpc) is 3.47. The number of nitrogens with one attached hydrogen (secondary N) is 1. The fourth-order valence-electron chi connectivity index (χ4n) is 5.55. The highest BCUT2D eigenvalue weighted by Crippen LogP contribution is 2.49. The number of anilines is 1. The monoisotopic (exact) mass is 534 g/mol. The topological polar surface area (TPSA) is 42.8 Å². The van der Waals surface area contributed by atoms with Crippen LogP contribution in [-0.4, -0.2) is 12.8 Å². The number of ether oxygens (including phenoxy) is 2. The highest BCUT2D eigenvalue weighted by Gasteiger charge is 2.37. The lowest BCUT2D eigenvalue weighted by Crippen LogP contribution is -2.28. The first-order valence-electron chi connectivity index (χ1n) is 13.5. The van der Waals surface area contributed by atoms with Crippen molar-refractivity contribution in [1.82, 2.24) is 0 Å². The van der Waals surface area contributed by atoms with Gasteiger partial charge in [0.15, 0.2) is 11.5 Å². The van der Waals surface area contributed by atoms with Crippen molar-refractivity contribution in [2.45, 2.75) is 31.9 Å². The SMILES string of the molecule is CCOc1cc(C=Nc2ccc([C@@H]3Nc4ccccc4[C@H]4C=CC[C@@H]43)cc2)ccc1OCc1ccccc1Cl. The number of para-hydroxylation sites is 1. The summed E-state index contributed by atoms with van der Waals surface area (Å²) >= 11 is 6.28. The quantitative estimate of drug-likeness (QED) is 0.181. The molecule has 1 N–H and O–H groups in total. The number of hydrogen-bond acceptors (Lipinski definition) is 4. The Kier molecular flexibility index (Phi) is 7.38. The minimum atomic E-state index is 0.282. The zero-order chi connectivity index (χ0) is 26.6. The molecule has 6 rings (SSSR count). The van der Waals surface area contributed by atoms with E-state index in [1.807, 2.05) is 55.6 Å². The first kappa shape index (κ1) is 25.3. The van der Waals surface area contributed by atoms with Crippen LogP contribution in [0.15, 0.2) is 108 Å². The van der Waals surface area contributed by atoms with Crippen molar-refractivity contribution in [1.29, 1.82) is 0 Å². The molecule has 39 heavy (non-hydrogen) atoms. The maximum atomic E-state index is 6.28. The van der Waals surface area contributed by atoms with Gasteiger partial charge in [-0.1, -0.05) is 72.3 Å². The van der Waals surface area contributed by atoms with Gasteiger partial charge in [0.2, 0.25) is 0 Å². The van der Waals surface area contributed by atoms with E-state index in [9.17, 15) is 0 Å². The molecule has 0 fully saturated rings. The van der Waals surface area contributed by atoms with E-state index in [-0.39, 0.29) is 6.04 Å². The van der Waals surface area contributed by atoms with Crippen molar-refractivity contribution in [3.63, 3.8) is 0 Å². The zero-order valence-corrected chi connectivity index (χ0v) is 22.6. The van der Waals surface area contributed by atoms with Crippen LogP contribution in [0.3, 0.4) is 0 Å². The summed E-state index contributed by atoms with van der Waals surface area (Å²) in [7, 11) is 0. The van der Waals surface area contributed by atoms with Gasteiger partial charge in [-0.2, -0.15) is 0 Å². The van der Waals surface area contributed by atoms with Crippen molar-refractivity contribution in [2.75, 3.05) is 11.9 Å². The Labute approximate surface area is 235 Å². The van der Waals surface area contributed by atoms with Crippen LogP contribution < -0.4 is 14.8 Å². The van der Waals surface area contributed by atoms with Crippen LogP contribution in [0.4, 0.5) is 11.4 Å². The number of hydrogen-bond donors (Lipinski definition) is 1. The van der Waals surface area contributed by atoms with Gasteiger partial charge >= 0.3 is 0 Å². The summed E-state index contributed by atoms with van der Waals surface area (Å²) in [6.07, 6.45) is 7.66. The molecule has 0 saturated heterocycles. The number of benzene rings is 4. The number of allylic oxidation sites excluding steroid dienone is 2. The molecular formula is C34H31ClN2O2. The van der Waals surface area contributed by atoms with Gasteiger partial charge in [-0.25, -0.2) is 0 Å². The molecule has 0 unspecified atom stereocenters. The summed E-state index contributed by atoms with van der Waals surface area (Å²) in [4.78, 5) is 4.73. The molecule has 0 saturated carbocycles. The van der Waals surface area contributed by atoms with Crippen molar-refractivity contribution in [3.05, 3.63) is 130 Å². The molecule has 0 bridgehead atoms. The second-order valence-corrected chi connectivity index (χ2v) is 10.3. The number of nitrogens with zero attached hydrogens (tertiary/aromatic N) is 1. The van der Waals surface area contributed by atoms with Gasteiger partial charge in [0.1, 0.15) is 6.61 Å². The largest absolute Gasteiger partial charge is 0.490 e. The van der Waals surface area contributed by atoms with Gasteiger partial charge in [-0.3, -0.25) is 4.99 Å². The van der Waals surface area contributed by atoms with Gasteiger partial charge in [-0.05, 0) is 78.4 Å². The molecule has 1 heterocycles. The average molecular weight is 535 g/mol. The highest BCUT2D eigenvalue weighted by atomic mass is 35.5. The van der Waals surface area contributed by atoms with E-state index in [2.05, 4.69) is 66.0 Å². The van der Waals surface area contributed by atoms with E-state index in [0.717, 1.165) is 23.2 Å². The predicted molar refractivity (Wildman–Crippen MR) is 160 cm³/mol. The molecule has 0 spiro atoms. The lowest BCUT2D eigenvalue weighted by molar-refractivity contribution is 0.269. The molecular weight excluding hydrogens is 504 g/mol. The Morgan fingerprint density at radius 1 is 0.923 bits per heavy atom. The third-order valence-electron chi connectivity index (χ3n) is 7.50. The van der Waals surface area contributed by atoms with E-state index in [1.165, 1.54) is 16.8 Å². The van der Waals surface area contributed by atoms with Crippen LogP contribution in [0, 0.1) is 5.92 Å². The Balaban J connectivity index is 1.15. The first-order valence-corrected chi connectivity index (χ1v) is 13.9. The third-order valence-corrected chi connectivity index (χ3v) is 7.86. The molecule has 196 valence electrons. The van der Waals surface area contributed by atoms with Gasteiger partial charge in [0, 0.05) is 28.4 Å². The number of fused-ring (bicyclic) bond motifs is 3. The molecule has 2 aliphatic rings. The number of rotatable bonds is 8. The van der Waals surface area contributed by atoms with Crippen molar-refractivity contribution in [2.24, 2.45) is 10.9 Å². The lowest BCUT2D eigenvalue weighted by Gasteiger charge is -2.37. The molecule has 4 nitrogen and oxygen atoms in total. The Morgan fingerprint density at radius 3 is 2.59 bits per heavy atom. The second-order valence-electron chi connectivity index (χ2n) is 9.93. The van der Waals surface area contributed by atoms with E-state index < -0.39 is 0 Å². The maximum absolute atomic E-state index is 6.28. The van der Waals surface area contributed by atoms with E-state index in [1.54, 1.807) is 0 Å². The Hall–Kier alpha value is -4.02. The third kappa shape index (κ3) is 5.43. The number of aliphatic imine (C=N–C) groups is 1. The molecule has 0 aromatic heterocycles. The molecule has 3 atom stereocenters. The van der Waals surface area contributed by atoms with Crippen LogP contribution in [-0.2, 0) is 6.61 Å². The molecule has 0 amide bonds. The Bertz CT molecular complexity index is 1510. The minimum Gasteiger partial charge on any atom is -0.490 e.